The van der Waals surface area contributed by atoms with Crippen LogP contribution in [0.2, 0.25) is 0 Å². The lowest BCUT2D eigenvalue weighted by atomic mass is 9.89. The molecule has 1 nitrogen and oxygen atoms in total. The maximum atomic E-state index is 3.50. The lowest BCUT2D eigenvalue weighted by Gasteiger charge is -2.27. The van der Waals surface area contributed by atoms with Gasteiger partial charge in [-0.1, -0.05) is 46.5 Å². The van der Waals surface area contributed by atoms with Crippen molar-refractivity contribution in [3.63, 3.8) is 0 Å². The highest BCUT2D eigenvalue weighted by Gasteiger charge is 2.17. The molecule has 0 radical (unpaired) electrons. The molecule has 1 aliphatic heterocycles. The van der Waals surface area contributed by atoms with E-state index in [4.69, 9.17) is 0 Å². The summed E-state index contributed by atoms with van der Waals surface area (Å²) in [5, 5.41) is 3.50. The highest BCUT2D eigenvalue weighted by atomic mass is 14.9. The zero-order valence-electron chi connectivity index (χ0n) is 10.6. The molecule has 0 aromatic heterocycles. The number of rotatable bonds is 4. The van der Waals surface area contributed by atoms with Gasteiger partial charge in [0.15, 0.2) is 0 Å². The average molecular weight is 199 g/mol. The van der Waals surface area contributed by atoms with Crippen LogP contribution in [0.5, 0.6) is 0 Å². The van der Waals surface area contributed by atoms with Gasteiger partial charge in [0, 0.05) is 6.04 Å². The number of unbranched alkanes of at least 4 members (excludes halogenated alkanes) is 2. The first-order valence-corrected chi connectivity index (χ1v) is 6.56. The van der Waals surface area contributed by atoms with E-state index in [2.05, 4.69) is 19.2 Å². The van der Waals surface area contributed by atoms with E-state index in [0.717, 1.165) is 12.0 Å². The van der Waals surface area contributed by atoms with Gasteiger partial charge in [0.05, 0.1) is 0 Å². The molecule has 1 rings (SSSR count). The van der Waals surface area contributed by atoms with Crippen molar-refractivity contribution < 1.29 is 0 Å². The summed E-state index contributed by atoms with van der Waals surface area (Å²) in [6.07, 6.45) is 8.53. The molecule has 0 bridgehead atoms. The Labute approximate surface area is 90.7 Å². The Hall–Kier alpha value is -0.0400. The van der Waals surface area contributed by atoms with Crippen LogP contribution in [-0.2, 0) is 0 Å². The SMILES string of the molecule is CC.CCCCCC1CCNC(C)C1. The first kappa shape index (κ1) is 14.0. The summed E-state index contributed by atoms with van der Waals surface area (Å²) in [7, 11) is 0. The third-order valence-electron chi connectivity index (χ3n) is 2.95. The van der Waals surface area contributed by atoms with Gasteiger partial charge < -0.3 is 5.32 Å². The van der Waals surface area contributed by atoms with Gasteiger partial charge in [0.25, 0.3) is 0 Å². The van der Waals surface area contributed by atoms with Gasteiger partial charge in [-0.3, -0.25) is 0 Å². The van der Waals surface area contributed by atoms with Crippen molar-refractivity contribution in [2.75, 3.05) is 6.54 Å². The molecule has 0 aliphatic carbocycles. The molecule has 1 fully saturated rings. The predicted molar refractivity (Wildman–Crippen MR) is 65.7 cm³/mol. The highest BCUT2D eigenvalue weighted by Crippen LogP contribution is 2.21. The summed E-state index contributed by atoms with van der Waals surface area (Å²) in [6.45, 7) is 9.84. The Balaban J connectivity index is 0.000000791. The van der Waals surface area contributed by atoms with E-state index in [-0.39, 0.29) is 0 Å². The molecular weight excluding hydrogens is 170 g/mol. The molecule has 0 saturated carbocycles. The largest absolute Gasteiger partial charge is 0.314 e. The summed E-state index contributed by atoms with van der Waals surface area (Å²) in [4.78, 5) is 0. The van der Waals surface area contributed by atoms with Crippen molar-refractivity contribution in [1.82, 2.24) is 5.32 Å². The topological polar surface area (TPSA) is 12.0 Å². The molecule has 14 heavy (non-hydrogen) atoms. The van der Waals surface area contributed by atoms with Crippen LogP contribution in [0, 0.1) is 5.92 Å². The van der Waals surface area contributed by atoms with E-state index in [9.17, 15) is 0 Å². The van der Waals surface area contributed by atoms with E-state index in [0.29, 0.717) is 0 Å². The van der Waals surface area contributed by atoms with E-state index in [1.54, 1.807) is 0 Å². The molecule has 0 aromatic carbocycles. The molecule has 0 spiro atoms. The van der Waals surface area contributed by atoms with Crippen LogP contribution >= 0.6 is 0 Å². The molecular formula is C13H29N. The molecule has 0 aromatic rings. The van der Waals surface area contributed by atoms with E-state index >= 15 is 0 Å². The Morgan fingerprint density at radius 1 is 1.21 bits per heavy atom. The first-order valence-electron chi connectivity index (χ1n) is 6.56. The van der Waals surface area contributed by atoms with Crippen LogP contribution in [-0.4, -0.2) is 12.6 Å². The monoisotopic (exact) mass is 199 g/mol. The summed E-state index contributed by atoms with van der Waals surface area (Å²) in [6, 6.07) is 0.769. The number of piperidine rings is 1. The Bertz CT molecular complexity index is 112. The number of hydrogen-bond acceptors (Lipinski definition) is 1. The van der Waals surface area contributed by atoms with Crippen LogP contribution in [0.25, 0.3) is 0 Å². The summed E-state index contributed by atoms with van der Waals surface area (Å²) >= 11 is 0. The molecule has 2 unspecified atom stereocenters. The third kappa shape index (κ3) is 6.42. The maximum Gasteiger partial charge on any atom is 0.00413 e. The van der Waals surface area contributed by atoms with Gasteiger partial charge in [-0.05, 0) is 32.2 Å². The van der Waals surface area contributed by atoms with Crippen molar-refractivity contribution >= 4 is 0 Å². The smallest absolute Gasteiger partial charge is 0.00413 e. The van der Waals surface area contributed by atoms with Gasteiger partial charge in [0.2, 0.25) is 0 Å². The highest BCUT2D eigenvalue weighted by molar-refractivity contribution is 4.74. The van der Waals surface area contributed by atoms with E-state index < -0.39 is 0 Å². The minimum Gasteiger partial charge on any atom is -0.314 e. The third-order valence-corrected chi connectivity index (χ3v) is 2.95. The molecule has 1 heteroatoms. The zero-order chi connectivity index (χ0) is 10.8. The van der Waals surface area contributed by atoms with Crippen LogP contribution in [0.1, 0.15) is 66.2 Å². The molecule has 1 aliphatic rings. The second-order valence-electron chi connectivity index (χ2n) is 4.24. The average Bonchev–Trinajstić information content (AvgIpc) is 2.21. The van der Waals surface area contributed by atoms with Gasteiger partial charge >= 0.3 is 0 Å². The standard InChI is InChI=1S/C11H23N.C2H6/c1-3-4-5-6-11-7-8-12-10(2)9-11;1-2/h10-12H,3-9H2,1-2H3;1-2H3. The molecule has 86 valence electrons. The Morgan fingerprint density at radius 3 is 2.50 bits per heavy atom. The fourth-order valence-electron chi connectivity index (χ4n) is 2.18. The van der Waals surface area contributed by atoms with E-state index in [1.807, 2.05) is 13.8 Å². The quantitative estimate of drug-likeness (QED) is 0.675. The number of nitrogens with one attached hydrogen (secondary N) is 1. The van der Waals surface area contributed by atoms with Crippen molar-refractivity contribution in [2.45, 2.75) is 72.3 Å². The summed E-state index contributed by atoms with van der Waals surface area (Å²) in [5.41, 5.74) is 0. The molecule has 2 atom stereocenters. The minimum atomic E-state index is 0.769. The van der Waals surface area contributed by atoms with Crippen LogP contribution in [0.15, 0.2) is 0 Å². The number of hydrogen-bond donors (Lipinski definition) is 1. The first-order chi connectivity index (χ1) is 6.83. The Kier molecular flexibility index (Phi) is 9.49. The fourth-order valence-corrected chi connectivity index (χ4v) is 2.18. The van der Waals surface area contributed by atoms with Crippen LogP contribution in [0.4, 0.5) is 0 Å². The van der Waals surface area contributed by atoms with Crippen LogP contribution < -0.4 is 5.32 Å². The van der Waals surface area contributed by atoms with Gasteiger partial charge in [-0.25, -0.2) is 0 Å². The van der Waals surface area contributed by atoms with Crippen LogP contribution in [0.3, 0.4) is 0 Å². The maximum absolute atomic E-state index is 3.50. The van der Waals surface area contributed by atoms with Crippen molar-refractivity contribution in [2.24, 2.45) is 5.92 Å². The van der Waals surface area contributed by atoms with Crippen molar-refractivity contribution in [3.8, 4) is 0 Å². The molecule has 1 N–H and O–H groups in total. The summed E-state index contributed by atoms with van der Waals surface area (Å²) in [5.74, 6) is 1.02. The second-order valence-corrected chi connectivity index (χ2v) is 4.24. The predicted octanol–water partition coefficient (Wildman–Crippen LogP) is 3.98. The fraction of sp³-hybridized carbons (Fsp3) is 1.00. The van der Waals surface area contributed by atoms with E-state index in [1.165, 1.54) is 45.1 Å². The second kappa shape index (κ2) is 9.51. The zero-order valence-corrected chi connectivity index (χ0v) is 10.6. The molecule has 1 heterocycles. The lowest BCUT2D eigenvalue weighted by Crippen LogP contribution is -2.35. The minimum absolute atomic E-state index is 0.769. The summed E-state index contributed by atoms with van der Waals surface area (Å²) < 4.78 is 0. The van der Waals surface area contributed by atoms with Crippen molar-refractivity contribution in [1.29, 1.82) is 0 Å². The molecule has 1 saturated heterocycles. The lowest BCUT2D eigenvalue weighted by molar-refractivity contribution is 0.294. The van der Waals surface area contributed by atoms with Crippen molar-refractivity contribution in [3.05, 3.63) is 0 Å². The van der Waals surface area contributed by atoms with Gasteiger partial charge in [-0.2, -0.15) is 0 Å². The Morgan fingerprint density at radius 2 is 1.93 bits per heavy atom. The van der Waals surface area contributed by atoms with Gasteiger partial charge in [0.1, 0.15) is 0 Å². The normalized spacial score (nSPS) is 26.6. The van der Waals surface area contributed by atoms with Gasteiger partial charge in [-0.15, -0.1) is 0 Å². The molecule has 0 amide bonds.